The van der Waals surface area contributed by atoms with Crippen LogP contribution in [0.3, 0.4) is 0 Å². The Morgan fingerprint density at radius 2 is 2.00 bits per heavy atom. The monoisotopic (exact) mass is 248 g/mol. The fraction of sp³-hybridized carbons (Fsp3) is 0.667. The van der Waals surface area contributed by atoms with Crippen LogP contribution in [0.25, 0.3) is 0 Å². The Morgan fingerprint density at radius 3 is 2.67 bits per heavy atom. The van der Waals surface area contributed by atoms with E-state index in [1.54, 1.807) is 6.33 Å². The molecule has 98 valence electrons. The van der Waals surface area contributed by atoms with Crippen LogP contribution >= 0.6 is 0 Å². The molecule has 0 bridgehead atoms. The van der Waals surface area contributed by atoms with E-state index in [1.165, 1.54) is 19.4 Å². The van der Waals surface area contributed by atoms with Gasteiger partial charge in [-0.05, 0) is 18.8 Å². The molecule has 1 aliphatic heterocycles. The Kier molecular flexibility index (Phi) is 3.29. The van der Waals surface area contributed by atoms with Crippen LogP contribution in [0, 0.1) is 5.92 Å². The quantitative estimate of drug-likeness (QED) is 0.590. The van der Waals surface area contributed by atoms with Crippen molar-refractivity contribution in [3.63, 3.8) is 0 Å². The van der Waals surface area contributed by atoms with Gasteiger partial charge in [0.05, 0.1) is 0 Å². The highest BCUT2D eigenvalue weighted by Gasteiger charge is 2.26. The third-order valence-electron chi connectivity index (χ3n) is 3.71. The average molecular weight is 248 g/mol. The van der Waals surface area contributed by atoms with Crippen molar-refractivity contribution < 1.29 is 0 Å². The summed E-state index contributed by atoms with van der Waals surface area (Å²) < 4.78 is 0. The van der Waals surface area contributed by atoms with Gasteiger partial charge in [-0.2, -0.15) is 0 Å². The van der Waals surface area contributed by atoms with Gasteiger partial charge in [-0.3, -0.25) is 4.90 Å². The summed E-state index contributed by atoms with van der Waals surface area (Å²) in [7, 11) is 0. The van der Waals surface area contributed by atoms with E-state index in [2.05, 4.69) is 25.2 Å². The molecule has 0 amide bonds. The standard InChI is InChI=1S/C12H20N6/c13-16-11-7-12(15-9-14-11)18-5-3-17(4-6-18)8-10-1-2-10/h7,9-10H,1-6,8,13H2,(H,14,15,16). The summed E-state index contributed by atoms with van der Waals surface area (Å²) in [6.07, 6.45) is 4.41. The molecule has 18 heavy (non-hydrogen) atoms. The first-order chi connectivity index (χ1) is 8.85. The lowest BCUT2D eigenvalue weighted by atomic mass is 10.3. The van der Waals surface area contributed by atoms with E-state index in [-0.39, 0.29) is 0 Å². The Balaban J connectivity index is 1.57. The van der Waals surface area contributed by atoms with Crippen molar-refractivity contribution in [3.8, 4) is 0 Å². The number of hydrazine groups is 1. The van der Waals surface area contributed by atoms with E-state index in [1.807, 2.05) is 6.07 Å². The van der Waals surface area contributed by atoms with Gasteiger partial charge in [0.2, 0.25) is 0 Å². The average Bonchev–Trinajstić information content (AvgIpc) is 3.24. The minimum atomic E-state index is 0.667. The molecule has 0 spiro atoms. The second-order valence-corrected chi connectivity index (χ2v) is 5.14. The van der Waals surface area contributed by atoms with Crippen LogP contribution in [-0.2, 0) is 0 Å². The van der Waals surface area contributed by atoms with Gasteiger partial charge < -0.3 is 10.3 Å². The number of nitrogens with two attached hydrogens (primary N) is 1. The minimum absolute atomic E-state index is 0.667. The number of nitrogens with one attached hydrogen (secondary N) is 1. The summed E-state index contributed by atoms with van der Waals surface area (Å²) in [6, 6.07) is 1.90. The van der Waals surface area contributed by atoms with Crippen molar-refractivity contribution in [1.82, 2.24) is 14.9 Å². The lowest BCUT2D eigenvalue weighted by Gasteiger charge is -2.35. The van der Waals surface area contributed by atoms with Gasteiger partial charge in [-0.1, -0.05) is 0 Å². The third kappa shape index (κ3) is 2.70. The van der Waals surface area contributed by atoms with Gasteiger partial charge in [0, 0.05) is 38.8 Å². The molecule has 3 N–H and O–H groups in total. The lowest BCUT2D eigenvalue weighted by molar-refractivity contribution is 0.247. The molecular weight excluding hydrogens is 228 g/mol. The van der Waals surface area contributed by atoms with Crippen LogP contribution in [0.4, 0.5) is 11.6 Å². The van der Waals surface area contributed by atoms with Gasteiger partial charge in [-0.25, -0.2) is 15.8 Å². The minimum Gasteiger partial charge on any atom is -0.354 e. The second kappa shape index (κ2) is 5.07. The number of anilines is 2. The van der Waals surface area contributed by atoms with E-state index in [9.17, 15) is 0 Å². The number of hydrogen-bond acceptors (Lipinski definition) is 6. The molecule has 2 aliphatic rings. The number of rotatable bonds is 4. The highest BCUT2D eigenvalue weighted by Crippen LogP contribution is 2.30. The highest BCUT2D eigenvalue weighted by atomic mass is 15.3. The predicted molar refractivity (Wildman–Crippen MR) is 71.2 cm³/mol. The summed E-state index contributed by atoms with van der Waals surface area (Å²) in [6.45, 7) is 5.62. The van der Waals surface area contributed by atoms with Gasteiger partial charge in [0.1, 0.15) is 18.0 Å². The summed E-state index contributed by atoms with van der Waals surface area (Å²) in [5, 5.41) is 0. The van der Waals surface area contributed by atoms with Crippen molar-refractivity contribution >= 4 is 11.6 Å². The summed E-state index contributed by atoms with van der Waals surface area (Å²) >= 11 is 0. The molecule has 0 atom stereocenters. The summed E-state index contributed by atoms with van der Waals surface area (Å²) in [5.41, 5.74) is 2.56. The van der Waals surface area contributed by atoms with Crippen LogP contribution in [-0.4, -0.2) is 47.6 Å². The van der Waals surface area contributed by atoms with E-state index >= 15 is 0 Å². The third-order valence-corrected chi connectivity index (χ3v) is 3.71. The molecule has 2 fully saturated rings. The van der Waals surface area contributed by atoms with Crippen molar-refractivity contribution in [1.29, 1.82) is 0 Å². The Bertz CT molecular complexity index is 397. The zero-order valence-corrected chi connectivity index (χ0v) is 10.5. The fourth-order valence-electron chi connectivity index (χ4n) is 2.42. The molecule has 1 aromatic rings. The van der Waals surface area contributed by atoms with Gasteiger partial charge in [0.15, 0.2) is 0 Å². The van der Waals surface area contributed by atoms with Crippen molar-refractivity contribution in [2.75, 3.05) is 43.0 Å². The zero-order valence-electron chi connectivity index (χ0n) is 10.5. The maximum absolute atomic E-state index is 5.37. The van der Waals surface area contributed by atoms with Crippen molar-refractivity contribution in [3.05, 3.63) is 12.4 Å². The topological polar surface area (TPSA) is 70.3 Å². The maximum Gasteiger partial charge on any atom is 0.145 e. The highest BCUT2D eigenvalue weighted by molar-refractivity contribution is 5.48. The first-order valence-corrected chi connectivity index (χ1v) is 6.61. The summed E-state index contributed by atoms with van der Waals surface area (Å²) in [4.78, 5) is 13.2. The summed E-state index contributed by atoms with van der Waals surface area (Å²) in [5.74, 6) is 7.97. The molecule has 2 heterocycles. The molecule has 3 rings (SSSR count). The van der Waals surface area contributed by atoms with E-state index in [4.69, 9.17) is 5.84 Å². The molecular formula is C12H20N6. The Hall–Kier alpha value is -1.40. The van der Waals surface area contributed by atoms with Gasteiger partial charge >= 0.3 is 0 Å². The molecule has 0 unspecified atom stereocenters. The van der Waals surface area contributed by atoms with Gasteiger partial charge in [-0.15, -0.1) is 0 Å². The molecule has 1 saturated heterocycles. The number of aromatic nitrogens is 2. The van der Waals surface area contributed by atoms with E-state index < -0.39 is 0 Å². The number of piperazine rings is 1. The number of nitrogen functional groups attached to an aromatic ring is 1. The van der Waals surface area contributed by atoms with Crippen LogP contribution in [0.2, 0.25) is 0 Å². The molecule has 6 nitrogen and oxygen atoms in total. The molecule has 1 saturated carbocycles. The predicted octanol–water partition coefficient (Wildman–Crippen LogP) is 0.294. The molecule has 0 radical (unpaired) electrons. The zero-order chi connectivity index (χ0) is 12.4. The Labute approximate surface area is 107 Å². The Morgan fingerprint density at radius 1 is 1.22 bits per heavy atom. The normalized spacial score (nSPS) is 21.1. The largest absolute Gasteiger partial charge is 0.354 e. The molecule has 0 aromatic carbocycles. The second-order valence-electron chi connectivity index (χ2n) is 5.14. The van der Waals surface area contributed by atoms with Crippen LogP contribution in [0.1, 0.15) is 12.8 Å². The molecule has 1 aliphatic carbocycles. The smallest absolute Gasteiger partial charge is 0.145 e. The number of hydrogen-bond donors (Lipinski definition) is 2. The van der Waals surface area contributed by atoms with E-state index in [0.29, 0.717) is 5.82 Å². The van der Waals surface area contributed by atoms with Crippen LogP contribution in [0.5, 0.6) is 0 Å². The molecule has 6 heteroatoms. The first-order valence-electron chi connectivity index (χ1n) is 6.61. The van der Waals surface area contributed by atoms with Crippen molar-refractivity contribution in [2.45, 2.75) is 12.8 Å². The van der Waals surface area contributed by atoms with E-state index in [0.717, 1.165) is 37.9 Å². The van der Waals surface area contributed by atoms with Crippen molar-refractivity contribution in [2.24, 2.45) is 11.8 Å². The van der Waals surface area contributed by atoms with Gasteiger partial charge in [0.25, 0.3) is 0 Å². The first kappa shape index (κ1) is 11.7. The fourth-order valence-corrected chi connectivity index (χ4v) is 2.42. The maximum atomic E-state index is 5.37. The molecule has 1 aromatic heterocycles. The lowest BCUT2D eigenvalue weighted by Crippen LogP contribution is -2.47. The SMILES string of the molecule is NNc1cc(N2CCN(CC3CC3)CC2)ncn1. The number of nitrogens with zero attached hydrogens (tertiary/aromatic N) is 4. The van der Waals surface area contributed by atoms with Crippen LogP contribution < -0.4 is 16.2 Å². The van der Waals surface area contributed by atoms with Crippen LogP contribution in [0.15, 0.2) is 12.4 Å².